The first-order valence-electron chi connectivity index (χ1n) is 10.3. The second kappa shape index (κ2) is 10.7. The van der Waals surface area contributed by atoms with E-state index in [0.29, 0.717) is 11.5 Å². The fourth-order valence-corrected chi connectivity index (χ4v) is 4.48. The van der Waals surface area contributed by atoms with Crippen molar-refractivity contribution in [3.63, 3.8) is 0 Å². The van der Waals surface area contributed by atoms with Gasteiger partial charge in [-0.15, -0.1) is 0 Å². The molecule has 0 aliphatic rings. The van der Waals surface area contributed by atoms with E-state index in [0.717, 1.165) is 72.3 Å². The standard InChI is InChI=1S/C24H34O2S/c1-5-19-13-17(14-20(6-2)23(19)25)9-11-27-12-10-18-15-21(7-3)24(26)22(8-4)16-18/h13-16,25-26H,5-12H2,1-4H3. The van der Waals surface area contributed by atoms with Crippen LogP contribution in [0.3, 0.4) is 0 Å². The van der Waals surface area contributed by atoms with Gasteiger partial charge < -0.3 is 10.2 Å². The number of aromatic hydroxyl groups is 2. The van der Waals surface area contributed by atoms with Gasteiger partial charge in [-0.2, -0.15) is 11.8 Å². The van der Waals surface area contributed by atoms with E-state index in [4.69, 9.17) is 0 Å². The lowest BCUT2D eigenvalue weighted by molar-refractivity contribution is 0.461. The maximum absolute atomic E-state index is 10.2. The molecule has 0 aliphatic carbocycles. The van der Waals surface area contributed by atoms with Gasteiger partial charge in [-0.05, 0) is 83.4 Å². The number of phenols is 2. The molecule has 2 N–H and O–H groups in total. The van der Waals surface area contributed by atoms with Gasteiger partial charge in [0.2, 0.25) is 0 Å². The molecule has 0 saturated heterocycles. The molecule has 0 atom stereocenters. The zero-order valence-electron chi connectivity index (χ0n) is 17.3. The minimum Gasteiger partial charge on any atom is -0.507 e. The topological polar surface area (TPSA) is 40.5 Å². The Morgan fingerprint density at radius 3 is 1.15 bits per heavy atom. The highest BCUT2D eigenvalue weighted by Gasteiger charge is 2.09. The van der Waals surface area contributed by atoms with Crippen LogP contribution >= 0.6 is 11.8 Å². The summed E-state index contributed by atoms with van der Waals surface area (Å²) in [6, 6.07) is 8.65. The lowest BCUT2D eigenvalue weighted by Crippen LogP contribution is -1.98. The maximum atomic E-state index is 10.2. The molecule has 2 nitrogen and oxygen atoms in total. The molecule has 0 amide bonds. The number of phenolic OH excluding ortho intramolecular Hbond substituents is 2. The van der Waals surface area contributed by atoms with Crippen molar-refractivity contribution >= 4 is 11.8 Å². The van der Waals surface area contributed by atoms with Crippen molar-refractivity contribution in [2.45, 2.75) is 66.2 Å². The van der Waals surface area contributed by atoms with E-state index in [1.54, 1.807) is 0 Å². The number of thioether (sulfide) groups is 1. The number of hydrogen-bond acceptors (Lipinski definition) is 3. The van der Waals surface area contributed by atoms with E-state index in [1.165, 1.54) is 11.1 Å². The Labute approximate surface area is 169 Å². The van der Waals surface area contributed by atoms with Gasteiger partial charge in [0.15, 0.2) is 0 Å². The quantitative estimate of drug-likeness (QED) is 0.502. The van der Waals surface area contributed by atoms with Crippen molar-refractivity contribution < 1.29 is 10.2 Å². The number of benzene rings is 2. The van der Waals surface area contributed by atoms with Crippen LogP contribution in [0, 0.1) is 0 Å². The summed E-state index contributed by atoms with van der Waals surface area (Å²) in [5, 5.41) is 20.5. The highest BCUT2D eigenvalue weighted by Crippen LogP contribution is 2.28. The Morgan fingerprint density at radius 2 is 0.889 bits per heavy atom. The van der Waals surface area contributed by atoms with Crippen LogP contribution in [0.1, 0.15) is 61.1 Å². The lowest BCUT2D eigenvalue weighted by atomic mass is 9.99. The fraction of sp³-hybridized carbons (Fsp3) is 0.500. The van der Waals surface area contributed by atoms with Gasteiger partial charge in [0.1, 0.15) is 11.5 Å². The monoisotopic (exact) mass is 386 g/mol. The molecular weight excluding hydrogens is 352 g/mol. The Morgan fingerprint density at radius 1 is 0.593 bits per heavy atom. The molecule has 148 valence electrons. The molecule has 27 heavy (non-hydrogen) atoms. The molecule has 0 unspecified atom stereocenters. The summed E-state index contributed by atoms with van der Waals surface area (Å²) in [5.74, 6) is 3.16. The van der Waals surface area contributed by atoms with Crippen molar-refractivity contribution in [1.82, 2.24) is 0 Å². The summed E-state index contributed by atoms with van der Waals surface area (Å²) >= 11 is 1.98. The van der Waals surface area contributed by atoms with Gasteiger partial charge in [0, 0.05) is 0 Å². The largest absolute Gasteiger partial charge is 0.507 e. The number of hydrogen-bond donors (Lipinski definition) is 2. The second-order valence-corrected chi connectivity index (χ2v) is 8.28. The van der Waals surface area contributed by atoms with E-state index >= 15 is 0 Å². The van der Waals surface area contributed by atoms with Crippen molar-refractivity contribution in [2.75, 3.05) is 11.5 Å². The minimum atomic E-state index is 0.488. The maximum Gasteiger partial charge on any atom is 0.121 e. The molecule has 0 heterocycles. The molecule has 0 aliphatic heterocycles. The van der Waals surface area contributed by atoms with Crippen LogP contribution < -0.4 is 0 Å². The molecule has 0 fully saturated rings. The molecule has 0 radical (unpaired) electrons. The van der Waals surface area contributed by atoms with Gasteiger partial charge in [-0.3, -0.25) is 0 Å². The third kappa shape index (κ3) is 5.68. The van der Waals surface area contributed by atoms with Gasteiger partial charge >= 0.3 is 0 Å². The van der Waals surface area contributed by atoms with Crippen molar-refractivity contribution in [3.8, 4) is 11.5 Å². The van der Waals surface area contributed by atoms with E-state index in [-0.39, 0.29) is 0 Å². The first kappa shape index (κ1) is 21.7. The van der Waals surface area contributed by atoms with Crippen LogP contribution in [-0.2, 0) is 38.5 Å². The predicted molar refractivity (Wildman–Crippen MR) is 118 cm³/mol. The van der Waals surface area contributed by atoms with E-state index in [9.17, 15) is 10.2 Å². The van der Waals surface area contributed by atoms with Gasteiger partial charge in [-0.1, -0.05) is 52.0 Å². The van der Waals surface area contributed by atoms with E-state index in [1.807, 2.05) is 11.8 Å². The molecule has 2 rings (SSSR count). The molecule has 0 bridgehead atoms. The van der Waals surface area contributed by atoms with Gasteiger partial charge in [-0.25, -0.2) is 0 Å². The van der Waals surface area contributed by atoms with Crippen LogP contribution in [0.4, 0.5) is 0 Å². The highest BCUT2D eigenvalue weighted by molar-refractivity contribution is 7.99. The highest BCUT2D eigenvalue weighted by atomic mass is 32.2. The van der Waals surface area contributed by atoms with Crippen molar-refractivity contribution in [1.29, 1.82) is 0 Å². The Hall–Kier alpha value is -1.61. The molecule has 0 aromatic heterocycles. The molecular formula is C24H34O2S. The zero-order chi connectivity index (χ0) is 19.8. The normalized spacial score (nSPS) is 11.1. The fourth-order valence-electron chi connectivity index (χ4n) is 3.51. The molecule has 0 spiro atoms. The Kier molecular flexibility index (Phi) is 8.56. The van der Waals surface area contributed by atoms with Crippen LogP contribution in [0.15, 0.2) is 24.3 Å². The van der Waals surface area contributed by atoms with Crippen molar-refractivity contribution in [3.05, 3.63) is 57.6 Å². The third-order valence-corrected chi connectivity index (χ3v) is 6.23. The van der Waals surface area contributed by atoms with Crippen LogP contribution in [0.2, 0.25) is 0 Å². The lowest BCUT2D eigenvalue weighted by Gasteiger charge is -2.12. The van der Waals surface area contributed by atoms with Crippen LogP contribution in [0.25, 0.3) is 0 Å². The van der Waals surface area contributed by atoms with Crippen molar-refractivity contribution in [2.24, 2.45) is 0 Å². The van der Waals surface area contributed by atoms with Gasteiger partial charge in [0.25, 0.3) is 0 Å². The zero-order valence-corrected chi connectivity index (χ0v) is 18.1. The molecule has 2 aromatic carbocycles. The molecule has 2 aromatic rings. The van der Waals surface area contributed by atoms with E-state index in [2.05, 4.69) is 52.0 Å². The van der Waals surface area contributed by atoms with E-state index < -0.39 is 0 Å². The first-order chi connectivity index (χ1) is 13.0. The summed E-state index contributed by atoms with van der Waals surface area (Å²) in [7, 11) is 0. The molecule has 3 heteroatoms. The SMILES string of the molecule is CCc1cc(CCSCCc2cc(CC)c(O)c(CC)c2)cc(CC)c1O. The predicted octanol–water partition coefficient (Wildman–Crippen LogP) is 5.87. The number of rotatable bonds is 10. The Bertz CT molecular complexity index is 639. The third-order valence-electron chi connectivity index (χ3n) is 5.25. The summed E-state index contributed by atoms with van der Waals surface area (Å²) in [4.78, 5) is 0. The summed E-state index contributed by atoms with van der Waals surface area (Å²) in [6.07, 6.45) is 5.59. The minimum absolute atomic E-state index is 0.488. The summed E-state index contributed by atoms with van der Waals surface area (Å²) in [6.45, 7) is 8.39. The van der Waals surface area contributed by atoms with Crippen LogP contribution in [-0.4, -0.2) is 21.7 Å². The first-order valence-corrected chi connectivity index (χ1v) is 11.4. The molecule has 0 saturated carbocycles. The Balaban J connectivity index is 1.89. The van der Waals surface area contributed by atoms with Crippen LogP contribution in [0.5, 0.6) is 11.5 Å². The van der Waals surface area contributed by atoms with Gasteiger partial charge in [0.05, 0.1) is 0 Å². The number of aryl methyl sites for hydroxylation is 6. The summed E-state index contributed by atoms with van der Waals surface area (Å²) in [5.41, 5.74) is 6.94. The summed E-state index contributed by atoms with van der Waals surface area (Å²) < 4.78 is 0. The average molecular weight is 387 g/mol. The second-order valence-electron chi connectivity index (χ2n) is 7.05. The average Bonchev–Trinajstić information content (AvgIpc) is 2.69. The smallest absolute Gasteiger partial charge is 0.121 e.